The van der Waals surface area contributed by atoms with Gasteiger partial charge in [-0.2, -0.15) is 11.8 Å². The van der Waals surface area contributed by atoms with Crippen molar-refractivity contribution in [2.75, 3.05) is 12.0 Å². The predicted molar refractivity (Wildman–Crippen MR) is 49.5 cm³/mol. The minimum Gasteiger partial charge on any atom is -0.165 e. The maximum Gasteiger partial charge on any atom is -0.00676 e. The molecule has 1 aliphatic carbocycles. The predicted octanol–water partition coefficient (Wildman–Crippen LogP) is 3.10. The maximum absolute atomic E-state index is 2.34. The van der Waals surface area contributed by atoms with E-state index in [1.54, 1.807) is 0 Å². The van der Waals surface area contributed by atoms with Gasteiger partial charge in [0, 0.05) is 0 Å². The Balaban J connectivity index is 2.10. The van der Waals surface area contributed by atoms with Crippen molar-refractivity contribution < 1.29 is 0 Å². The van der Waals surface area contributed by atoms with Crippen molar-refractivity contribution >= 4 is 11.8 Å². The highest BCUT2D eigenvalue weighted by molar-refractivity contribution is 7.98. The second-order valence-electron chi connectivity index (χ2n) is 2.93. The minimum absolute atomic E-state index is 0.998. The maximum atomic E-state index is 2.34. The molecule has 1 unspecified atom stereocenters. The summed E-state index contributed by atoms with van der Waals surface area (Å²) >= 11 is 1.97. The Bertz CT molecular complexity index is 107. The average Bonchev–Trinajstić information content (AvgIpc) is 2.03. The molecule has 1 rings (SSSR count). The lowest BCUT2D eigenvalue weighted by Gasteiger charge is -2.16. The minimum atomic E-state index is 0.998. The Morgan fingerprint density at radius 2 is 2.40 bits per heavy atom. The SMILES string of the molecule is CSCCC1CC=CCC1. The van der Waals surface area contributed by atoms with Gasteiger partial charge in [0.25, 0.3) is 0 Å². The molecule has 0 fully saturated rings. The molecular weight excluding hydrogens is 140 g/mol. The lowest BCUT2D eigenvalue weighted by molar-refractivity contribution is 0.469. The standard InChI is InChI=1S/C9H16S/c1-10-8-7-9-5-3-2-4-6-9/h2-3,9H,4-8H2,1H3. The molecule has 0 bridgehead atoms. The van der Waals surface area contributed by atoms with Gasteiger partial charge in [-0.3, -0.25) is 0 Å². The number of rotatable bonds is 3. The van der Waals surface area contributed by atoms with Crippen molar-refractivity contribution in [2.24, 2.45) is 5.92 Å². The van der Waals surface area contributed by atoms with Gasteiger partial charge < -0.3 is 0 Å². The van der Waals surface area contributed by atoms with Crippen molar-refractivity contribution in [3.63, 3.8) is 0 Å². The Morgan fingerprint density at radius 3 is 3.00 bits per heavy atom. The van der Waals surface area contributed by atoms with E-state index >= 15 is 0 Å². The third-order valence-electron chi connectivity index (χ3n) is 2.11. The van der Waals surface area contributed by atoms with E-state index in [1.807, 2.05) is 11.8 Å². The van der Waals surface area contributed by atoms with E-state index in [4.69, 9.17) is 0 Å². The summed E-state index contributed by atoms with van der Waals surface area (Å²) in [6.45, 7) is 0. The average molecular weight is 156 g/mol. The van der Waals surface area contributed by atoms with Crippen LogP contribution in [0.1, 0.15) is 25.7 Å². The number of hydrogen-bond donors (Lipinski definition) is 0. The molecule has 0 saturated carbocycles. The van der Waals surface area contributed by atoms with Gasteiger partial charge in [-0.15, -0.1) is 0 Å². The van der Waals surface area contributed by atoms with Crippen LogP contribution < -0.4 is 0 Å². The topological polar surface area (TPSA) is 0 Å². The van der Waals surface area contributed by atoms with Gasteiger partial charge in [0.05, 0.1) is 0 Å². The van der Waals surface area contributed by atoms with Gasteiger partial charge in [-0.25, -0.2) is 0 Å². The molecule has 0 heterocycles. The Morgan fingerprint density at radius 1 is 1.50 bits per heavy atom. The molecule has 0 radical (unpaired) electrons. The molecule has 1 heteroatoms. The van der Waals surface area contributed by atoms with E-state index in [1.165, 1.54) is 31.4 Å². The van der Waals surface area contributed by atoms with Crippen LogP contribution in [0.2, 0.25) is 0 Å². The first-order chi connectivity index (χ1) is 4.93. The zero-order chi connectivity index (χ0) is 7.23. The molecule has 0 aromatic heterocycles. The van der Waals surface area contributed by atoms with Crippen molar-refractivity contribution in [1.29, 1.82) is 0 Å². The zero-order valence-electron chi connectivity index (χ0n) is 6.68. The smallest absolute Gasteiger partial charge is 0.00676 e. The Hall–Kier alpha value is 0.0900. The fourth-order valence-electron chi connectivity index (χ4n) is 1.40. The third kappa shape index (κ3) is 2.78. The molecule has 0 saturated heterocycles. The largest absolute Gasteiger partial charge is 0.165 e. The molecule has 0 aromatic rings. The van der Waals surface area contributed by atoms with Crippen molar-refractivity contribution in [2.45, 2.75) is 25.7 Å². The van der Waals surface area contributed by atoms with Gasteiger partial charge in [0.1, 0.15) is 0 Å². The van der Waals surface area contributed by atoms with Crippen LogP contribution >= 0.6 is 11.8 Å². The molecule has 0 nitrogen and oxygen atoms in total. The van der Waals surface area contributed by atoms with Crippen LogP contribution in [0.25, 0.3) is 0 Å². The lowest BCUT2D eigenvalue weighted by atomic mass is 9.92. The fourth-order valence-corrected chi connectivity index (χ4v) is 1.97. The summed E-state index contributed by atoms with van der Waals surface area (Å²) in [6.07, 6.45) is 12.4. The van der Waals surface area contributed by atoms with Crippen molar-refractivity contribution in [3.05, 3.63) is 12.2 Å². The van der Waals surface area contributed by atoms with Gasteiger partial charge in [0.15, 0.2) is 0 Å². The zero-order valence-corrected chi connectivity index (χ0v) is 7.49. The van der Waals surface area contributed by atoms with Crippen molar-refractivity contribution in [3.8, 4) is 0 Å². The molecule has 0 spiro atoms. The van der Waals surface area contributed by atoms with Gasteiger partial charge in [-0.05, 0) is 43.6 Å². The normalized spacial score (nSPS) is 25.1. The molecule has 0 aromatic carbocycles. The summed E-state index contributed by atoms with van der Waals surface area (Å²) in [4.78, 5) is 0. The third-order valence-corrected chi connectivity index (χ3v) is 2.75. The summed E-state index contributed by atoms with van der Waals surface area (Å²) in [5, 5.41) is 0. The highest BCUT2D eigenvalue weighted by Crippen LogP contribution is 2.22. The molecule has 0 N–H and O–H groups in total. The summed E-state index contributed by atoms with van der Waals surface area (Å²) in [6, 6.07) is 0. The monoisotopic (exact) mass is 156 g/mol. The highest BCUT2D eigenvalue weighted by atomic mass is 32.2. The van der Waals surface area contributed by atoms with E-state index in [0.29, 0.717) is 0 Å². The number of hydrogen-bond acceptors (Lipinski definition) is 1. The number of thioether (sulfide) groups is 1. The second kappa shape index (κ2) is 4.84. The lowest BCUT2D eigenvalue weighted by Crippen LogP contribution is -2.03. The first-order valence-electron chi connectivity index (χ1n) is 4.07. The van der Waals surface area contributed by atoms with Crippen LogP contribution in [0.5, 0.6) is 0 Å². The van der Waals surface area contributed by atoms with Crippen LogP contribution in [0.4, 0.5) is 0 Å². The van der Waals surface area contributed by atoms with E-state index in [2.05, 4.69) is 18.4 Å². The fraction of sp³-hybridized carbons (Fsp3) is 0.778. The summed E-state index contributed by atoms with van der Waals surface area (Å²) in [7, 11) is 0. The molecule has 0 aliphatic heterocycles. The van der Waals surface area contributed by atoms with Crippen LogP contribution in [0, 0.1) is 5.92 Å². The molecular formula is C9H16S. The van der Waals surface area contributed by atoms with Gasteiger partial charge in [0.2, 0.25) is 0 Å². The Kier molecular flexibility index (Phi) is 3.96. The van der Waals surface area contributed by atoms with E-state index in [-0.39, 0.29) is 0 Å². The summed E-state index contributed by atoms with van der Waals surface area (Å²) in [5.41, 5.74) is 0. The van der Waals surface area contributed by atoms with Crippen molar-refractivity contribution in [1.82, 2.24) is 0 Å². The summed E-state index contributed by atoms with van der Waals surface area (Å²) < 4.78 is 0. The molecule has 0 amide bonds. The van der Waals surface area contributed by atoms with E-state index in [9.17, 15) is 0 Å². The molecule has 58 valence electrons. The van der Waals surface area contributed by atoms with Crippen LogP contribution in [-0.2, 0) is 0 Å². The quantitative estimate of drug-likeness (QED) is 0.566. The van der Waals surface area contributed by atoms with Crippen LogP contribution in [0.15, 0.2) is 12.2 Å². The first kappa shape index (κ1) is 8.19. The molecule has 1 atom stereocenters. The van der Waals surface area contributed by atoms with Gasteiger partial charge >= 0.3 is 0 Å². The molecule has 10 heavy (non-hydrogen) atoms. The van der Waals surface area contributed by atoms with Crippen LogP contribution in [0.3, 0.4) is 0 Å². The highest BCUT2D eigenvalue weighted by Gasteiger charge is 2.07. The van der Waals surface area contributed by atoms with E-state index < -0.39 is 0 Å². The van der Waals surface area contributed by atoms with Gasteiger partial charge in [-0.1, -0.05) is 12.2 Å². The molecule has 1 aliphatic rings. The first-order valence-corrected chi connectivity index (χ1v) is 5.47. The van der Waals surface area contributed by atoms with Crippen LogP contribution in [-0.4, -0.2) is 12.0 Å². The summed E-state index contributed by atoms with van der Waals surface area (Å²) in [5.74, 6) is 2.34. The number of allylic oxidation sites excluding steroid dienone is 2. The second-order valence-corrected chi connectivity index (χ2v) is 3.92. The Labute approximate surface area is 68.1 Å². The van der Waals surface area contributed by atoms with E-state index in [0.717, 1.165) is 5.92 Å².